The van der Waals surface area contributed by atoms with Crippen LogP contribution >= 0.6 is 62.3 Å². The second-order valence-corrected chi connectivity index (χ2v) is 8.95. The van der Waals surface area contributed by atoms with Gasteiger partial charge in [-0.25, -0.2) is 0 Å². The Hall–Kier alpha value is -0.780. The van der Waals surface area contributed by atoms with Gasteiger partial charge in [-0.3, -0.25) is 9.59 Å². The first-order valence-corrected chi connectivity index (χ1v) is 9.27. The third kappa shape index (κ3) is 4.69. The molecule has 132 valence electrons. The predicted molar refractivity (Wildman–Crippen MR) is 106 cm³/mol. The fourth-order valence-corrected chi connectivity index (χ4v) is 3.21. The molecule has 0 radical (unpaired) electrons. The Balaban J connectivity index is 2.67. The second kappa shape index (κ2) is 7.85. The van der Waals surface area contributed by atoms with Crippen molar-refractivity contribution in [2.75, 3.05) is 0 Å². The van der Waals surface area contributed by atoms with E-state index >= 15 is 0 Å². The third-order valence-corrected chi connectivity index (χ3v) is 4.75. The van der Waals surface area contributed by atoms with Crippen LogP contribution in [0.5, 0.6) is 0 Å². The minimum Gasteiger partial charge on any atom is -0.332 e. The summed E-state index contributed by atoms with van der Waals surface area (Å²) in [7, 11) is 0. The molecule has 0 spiro atoms. The van der Waals surface area contributed by atoms with Gasteiger partial charge in [0.1, 0.15) is 0 Å². The Kier molecular flexibility index (Phi) is 6.45. The number of allylic oxidation sites excluding steroid dienone is 1. The number of Topliss-reactive ketones (excluding diaryl/α,β-unsaturated/α-hetero) is 2. The van der Waals surface area contributed by atoms with Gasteiger partial charge in [-0.2, -0.15) is 0 Å². The third-order valence-electron chi connectivity index (χ3n) is 3.55. The normalized spacial score (nSPS) is 12.7. The minimum absolute atomic E-state index is 0.134. The number of aromatic nitrogens is 1. The van der Waals surface area contributed by atoms with Crippen LogP contribution in [-0.2, 0) is 4.79 Å². The summed E-state index contributed by atoms with van der Waals surface area (Å²) in [5.74, 6) is -0.935. The number of ketones is 2. The average Bonchev–Trinajstić information content (AvgIpc) is 2.88. The number of nitrogens with zero attached hydrogens (tertiary/aromatic N) is 1. The standard InChI is InChI=1S/C17H12BrCl4NO2/c1-9(10(2)24)15(11-3-5-13(19)6-4-11)23-8-12(18)7-14(23)16(25)17(20,21)22/h3-8,15H,1H2,2H3/t15-/m0/s1. The van der Waals surface area contributed by atoms with E-state index in [1.807, 2.05) is 0 Å². The SMILES string of the molecule is C=C(C(C)=O)[C@@H](c1ccc(Cl)cc1)n1cc(Br)cc1C(=O)C(Cl)(Cl)Cl. The zero-order chi connectivity index (χ0) is 18.9. The van der Waals surface area contributed by atoms with Gasteiger partial charge < -0.3 is 4.57 Å². The molecule has 0 bridgehead atoms. The highest BCUT2D eigenvalue weighted by Gasteiger charge is 2.36. The van der Waals surface area contributed by atoms with Crippen LogP contribution in [0, 0.1) is 0 Å². The summed E-state index contributed by atoms with van der Waals surface area (Å²) in [4.78, 5) is 24.5. The number of hydrogen-bond acceptors (Lipinski definition) is 2. The number of benzene rings is 1. The Labute approximate surface area is 173 Å². The van der Waals surface area contributed by atoms with E-state index in [4.69, 9.17) is 46.4 Å². The summed E-state index contributed by atoms with van der Waals surface area (Å²) < 4.78 is 0.0271. The van der Waals surface area contributed by atoms with Gasteiger partial charge in [0.25, 0.3) is 3.79 Å². The van der Waals surface area contributed by atoms with Crippen molar-refractivity contribution in [3.63, 3.8) is 0 Å². The van der Waals surface area contributed by atoms with Crippen molar-refractivity contribution in [3.8, 4) is 0 Å². The van der Waals surface area contributed by atoms with E-state index in [-0.39, 0.29) is 17.1 Å². The number of carbonyl (C=O) groups excluding carboxylic acids is 2. The molecule has 2 aromatic rings. The van der Waals surface area contributed by atoms with Crippen LogP contribution in [0.4, 0.5) is 0 Å². The lowest BCUT2D eigenvalue weighted by molar-refractivity contribution is -0.113. The van der Waals surface area contributed by atoms with Gasteiger partial charge in [-0.1, -0.05) is 65.1 Å². The second-order valence-electron chi connectivity index (χ2n) is 5.31. The molecule has 8 heteroatoms. The van der Waals surface area contributed by atoms with E-state index in [1.54, 1.807) is 35.0 Å². The quantitative estimate of drug-likeness (QED) is 0.289. The van der Waals surface area contributed by atoms with Crippen molar-refractivity contribution in [1.82, 2.24) is 4.57 Å². The van der Waals surface area contributed by atoms with Gasteiger partial charge in [-0.05, 0) is 46.6 Å². The molecule has 2 rings (SSSR count). The fourth-order valence-electron chi connectivity index (χ4n) is 2.35. The van der Waals surface area contributed by atoms with E-state index in [1.165, 1.54) is 13.0 Å². The van der Waals surface area contributed by atoms with Crippen LogP contribution in [0.15, 0.2) is 53.2 Å². The summed E-state index contributed by atoms with van der Waals surface area (Å²) in [6.07, 6.45) is 1.64. The number of hydrogen-bond donors (Lipinski definition) is 0. The summed E-state index contributed by atoms with van der Waals surface area (Å²) in [6.45, 7) is 5.28. The van der Waals surface area contributed by atoms with Crippen molar-refractivity contribution in [3.05, 3.63) is 69.4 Å². The average molecular weight is 484 g/mol. The Morgan fingerprint density at radius 1 is 1.20 bits per heavy atom. The van der Waals surface area contributed by atoms with E-state index in [9.17, 15) is 9.59 Å². The van der Waals surface area contributed by atoms with E-state index in [2.05, 4.69) is 22.5 Å². The Bertz CT molecular complexity index is 837. The minimum atomic E-state index is -2.13. The number of halogens is 5. The van der Waals surface area contributed by atoms with Gasteiger partial charge in [-0.15, -0.1) is 0 Å². The first-order chi connectivity index (χ1) is 11.5. The topological polar surface area (TPSA) is 39.1 Å². The Morgan fingerprint density at radius 2 is 1.76 bits per heavy atom. The molecule has 1 atom stereocenters. The molecule has 0 N–H and O–H groups in total. The fraction of sp³-hybridized carbons (Fsp3) is 0.176. The molecule has 3 nitrogen and oxygen atoms in total. The van der Waals surface area contributed by atoms with Crippen molar-refractivity contribution in [2.45, 2.75) is 16.8 Å². The molecule has 0 saturated carbocycles. The van der Waals surface area contributed by atoms with Gasteiger partial charge in [0, 0.05) is 21.3 Å². The smallest absolute Gasteiger partial charge is 0.255 e. The van der Waals surface area contributed by atoms with Gasteiger partial charge >= 0.3 is 0 Å². The van der Waals surface area contributed by atoms with Crippen molar-refractivity contribution < 1.29 is 9.59 Å². The lowest BCUT2D eigenvalue weighted by Crippen LogP contribution is -2.26. The monoisotopic (exact) mass is 481 g/mol. The van der Waals surface area contributed by atoms with E-state index < -0.39 is 15.6 Å². The maximum atomic E-state index is 12.5. The molecular weight excluding hydrogens is 472 g/mol. The van der Waals surface area contributed by atoms with E-state index in [0.717, 1.165) is 0 Å². The van der Waals surface area contributed by atoms with Crippen LogP contribution in [-0.4, -0.2) is 19.9 Å². The van der Waals surface area contributed by atoms with Gasteiger partial charge in [0.15, 0.2) is 5.78 Å². The highest BCUT2D eigenvalue weighted by atomic mass is 79.9. The summed E-state index contributed by atoms with van der Waals surface area (Å²) in [5, 5.41) is 0.544. The molecule has 0 aliphatic rings. The molecular formula is C17H12BrCl4NO2. The van der Waals surface area contributed by atoms with Crippen LogP contribution in [0.2, 0.25) is 5.02 Å². The Morgan fingerprint density at radius 3 is 2.24 bits per heavy atom. The maximum Gasteiger partial charge on any atom is 0.255 e. The molecule has 0 aliphatic carbocycles. The van der Waals surface area contributed by atoms with Crippen molar-refractivity contribution in [2.24, 2.45) is 0 Å². The lowest BCUT2D eigenvalue weighted by atomic mass is 9.96. The summed E-state index contributed by atoms with van der Waals surface area (Å²) in [5.41, 5.74) is 1.13. The van der Waals surface area contributed by atoms with Crippen LogP contribution in [0.1, 0.15) is 29.0 Å². The molecule has 0 amide bonds. The maximum absolute atomic E-state index is 12.5. The number of rotatable bonds is 5. The molecule has 1 heterocycles. The molecule has 0 saturated heterocycles. The van der Waals surface area contributed by atoms with Crippen LogP contribution in [0.25, 0.3) is 0 Å². The summed E-state index contributed by atoms with van der Waals surface area (Å²) >= 11 is 26.5. The highest BCUT2D eigenvalue weighted by molar-refractivity contribution is 9.10. The largest absolute Gasteiger partial charge is 0.332 e. The molecule has 0 unspecified atom stereocenters. The van der Waals surface area contributed by atoms with Gasteiger partial charge in [0.05, 0.1) is 11.7 Å². The lowest BCUT2D eigenvalue weighted by Gasteiger charge is -2.24. The van der Waals surface area contributed by atoms with Crippen molar-refractivity contribution in [1.29, 1.82) is 0 Å². The summed E-state index contributed by atoms with van der Waals surface area (Å²) in [6, 6.07) is 7.75. The van der Waals surface area contributed by atoms with Crippen LogP contribution in [0.3, 0.4) is 0 Å². The van der Waals surface area contributed by atoms with Crippen LogP contribution < -0.4 is 0 Å². The van der Waals surface area contributed by atoms with E-state index in [0.29, 0.717) is 15.1 Å². The molecule has 0 aliphatic heterocycles. The first kappa shape index (κ1) is 20.5. The first-order valence-electron chi connectivity index (χ1n) is 6.96. The zero-order valence-corrected chi connectivity index (χ0v) is 17.5. The molecule has 0 fully saturated rings. The molecule has 1 aromatic carbocycles. The number of alkyl halides is 3. The molecule has 25 heavy (non-hydrogen) atoms. The predicted octanol–water partition coefficient (Wildman–Crippen LogP) is 6.19. The zero-order valence-electron chi connectivity index (χ0n) is 12.9. The highest BCUT2D eigenvalue weighted by Crippen LogP contribution is 2.36. The van der Waals surface area contributed by atoms with Crippen molar-refractivity contribution >= 4 is 73.9 Å². The molecule has 1 aromatic heterocycles. The van der Waals surface area contributed by atoms with Gasteiger partial charge in [0.2, 0.25) is 5.78 Å². The number of carbonyl (C=O) groups is 2.